The molecule has 0 heterocycles. The summed E-state index contributed by atoms with van der Waals surface area (Å²) in [5.41, 5.74) is 6.62. The highest BCUT2D eigenvalue weighted by molar-refractivity contribution is 5.67. The molecule has 0 heteroatoms. The molecule has 0 radical (unpaired) electrons. The van der Waals surface area contributed by atoms with E-state index in [0.717, 1.165) is 0 Å². The Morgan fingerprint density at radius 2 is 1.18 bits per heavy atom. The predicted octanol–water partition coefficient (Wildman–Crippen LogP) is 5.31. The second kappa shape index (κ2) is 6.24. The largest absolute Gasteiger partial charge is 0.0683 e. The second-order valence-corrected chi connectivity index (χ2v) is 4.18. The Kier molecular flexibility index (Phi) is 4.96. The van der Waals surface area contributed by atoms with Gasteiger partial charge in [-0.15, -0.1) is 0 Å². The lowest BCUT2D eigenvalue weighted by Gasteiger charge is -2.07. The topological polar surface area (TPSA) is 0 Å². The summed E-state index contributed by atoms with van der Waals surface area (Å²) >= 11 is 0. The van der Waals surface area contributed by atoms with Gasteiger partial charge in [0.25, 0.3) is 0 Å². The Balaban J connectivity index is 0.000000686. The molecule has 0 amide bonds. The van der Waals surface area contributed by atoms with Gasteiger partial charge < -0.3 is 0 Å². The highest BCUT2D eigenvalue weighted by Gasteiger charge is 2.00. The van der Waals surface area contributed by atoms with Crippen LogP contribution in [-0.4, -0.2) is 0 Å². The molecular formula is C17H22. The first-order chi connectivity index (χ1) is 8.16. The molecule has 0 fully saturated rings. The zero-order chi connectivity index (χ0) is 12.8. The lowest BCUT2D eigenvalue weighted by molar-refractivity contribution is 1.38. The van der Waals surface area contributed by atoms with Gasteiger partial charge in [0.2, 0.25) is 0 Å². The van der Waals surface area contributed by atoms with Crippen LogP contribution >= 0.6 is 0 Å². The molecule has 2 aromatic rings. The smallest absolute Gasteiger partial charge is 0.0155 e. The molecule has 17 heavy (non-hydrogen) atoms. The van der Waals surface area contributed by atoms with Crippen molar-refractivity contribution in [2.24, 2.45) is 0 Å². The minimum Gasteiger partial charge on any atom is -0.0683 e. The van der Waals surface area contributed by atoms with E-state index in [1.165, 1.54) is 27.8 Å². The van der Waals surface area contributed by atoms with Crippen LogP contribution in [0.5, 0.6) is 0 Å². The van der Waals surface area contributed by atoms with Gasteiger partial charge in [0.15, 0.2) is 0 Å². The molecule has 0 saturated carbocycles. The lowest BCUT2D eigenvalue weighted by Crippen LogP contribution is -1.84. The third kappa shape index (κ3) is 3.45. The lowest BCUT2D eigenvalue weighted by atomic mass is 9.98. The second-order valence-electron chi connectivity index (χ2n) is 4.18. The number of hydrogen-bond acceptors (Lipinski definition) is 0. The van der Waals surface area contributed by atoms with Crippen LogP contribution < -0.4 is 0 Å². The van der Waals surface area contributed by atoms with Crippen molar-refractivity contribution in [3.05, 3.63) is 59.2 Å². The van der Waals surface area contributed by atoms with E-state index in [4.69, 9.17) is 0 Å². The monoisotopic (exact) mass is 226 g/mol. The van der Waals surface area contributed by atoms with Crippen LogP contribution in [0.25, 0.3) is 11.1 Å². The van der Waals surface area contributed by atoms with E-state index in [2.05, 4.69) is 63.2 Å². The normalized spacial score (nSPS) is 9.47. The third-order valence-electron chi connectivity index (χ3n) is 2.74. The number of hydrogen-bond donors (Lipinski definition) is 0. The quantitative estimate of drug-likeness (QED) is 0.618. The zero-order valence-corrected chi connectivity index (χ0v) is 11.5. The first-order valence-corrected chi connectivity index (χ1v) is 6.31. The fourth-order valence-electron chi connectivity index (χ4n) is 1.87. The maximum Gasteiger partial charge on any atom is -0.0155 e. The van der Waals surface area contributed by atoms with Gasteiger partial charge in [0, 0.05) is 0 Å². The summed E-state index contributed by atoms with van der Waals surface area (Å²) in [4.78, 5) is 0. The number of rotatable bonds is 1. The zero-order valence-electron chi connectivity index (χ0n) is 11.5. The highest BCUT2D eigenvalue weighted by atomic mass is 14.1. The fourth-order valence-corrected chi connectivity index (χ4v) is 1.87. The molecule has 0 saturated heterocycles. The first-order valence-electron chi connectivity index (χ1n) is 6.31. The Morgan fingerprint density at radius 1 is 0.647 bits per heavy atom. The summed E-state index contributed by atoms with van der Waals surface area (Å²) in [7, 11) is 0. The molecule has 0 aliphatic heterocycles. The molecule has 0 N–H and O–H groups in total. The van der Waals surface area contributed by atoms with Crippen LogP contribution in [-0.2, 0) is 0 Å². The minimum atomic E-state index is 1.30. The molecule has 0 aliphatic carbocycles. The molecule has 2 rings (SSSR count). The van der Waals surface area contributed by atoms with E-state index in [-0.39, 0.29) is 0 Å². The molecule has 0 spiro atoms. The van der Waals surface area contributed by atoms with Crippen LogP contribution in [0.3, 0.4) is 0 Å². The minimum absolute atomic E-state index is 1.30. The van der Waals surface area contributed by atoms with Gasteiger partial charge in [0.05, 0.1) is 0 Å². The summed E-state index contributed by atoms with van der Waals surface area (Å²) < 4.78 is 0. The van der Waals surface area contributed by atoms with E-state index in [0.29, 0.717) is 0 Å². The molecule has 0 bridgehead atoms. The predicted molar refractivity (Wildman–Crippen MR) is 77.4 cm³/mol. The molecule has 0 atom stereocenters. The van der Waals surface area contributed by atoms with Crippen molar-refractivity contribution in [1.29, 1.82) is 0 Å². The van der Waals surface area contributed by atoms with Gasteiger partial charge in [0.1, 0.15) is 0 Å². The maximum atomic E-state index is 2.23. The molecule has 2 aromatic carbocycles. The SMILES string of the molecule is CC.Cc1ccc(-c2ccc(C)cc2C)cc1. The summed E-state index contributed by atoms with van der Waals surface area (Å²) in [6.45, 7) is 10.4. The Morgan fingerprint density at radius 3 is 1.71 bits per heavy atom. The van der Waals surface area contributed by atoms with E-state index in [1.807, 2.05) is 13.8 Å². The van der Waals surface area contributed by atoms with Crippen molar-refractivity contribution >= 4 is 0 Å². The van der Waals surface area contributed by atoms with E-state index in [9.17, 15) is 0 Å². The third-order valence-corrected chi connectivity index (χ3v) is 2.74. The van der Waals surface area contributed by atoms with Gasteiger partial charge in [-0.1, -0.05) is 67.4 Å². The van der Waals surface area contributed by atoms with Gasteiger partial charge in [-0.05, 0) is 37.5 Å². The highest BCUT2D eigenvalue weighted by Crippen LogP contribution is 2.24. The van der Waals surface area contributed by atoms with Crippen molar-refractivity contribution < 1.29 is 0 Å². The maximum absolute atomic E-state index is 2.23. The number of aryl methyl sites for hydroxylation is 3. The van der Waals surface area contributed by atoms with Crippen LogP contribution in [0.2, 0.25) is 0 Å². The van der Waals surface area contributed by atoms with Gasteiger partial charge >= 0.3 is 0 Å². The Labute approximate surface area is 105 Å². The van der Waals surface area contributed by atoms with Crippen molar-refractivity contribution in [2.45, 2.75) is 34.6 Å². The van der Waals surface area contributed by atoms with Crippen molar-refractivity contribution in [2.75, 3.05) is 0 Å². The van der Waals surface area contributed by atoms with E-state index >= 15 is 0 Å². The fraction of sp³-hybridized carbons (Fsp3) is 0.294. The average Bonchev–Trinajstić information content (AvgIpc) is 2.33. The summed E-state index contributed by atoms with van der Waals surface area (Å²) in [6.07, 6.45) is 0. The molecule has 0 aliphatic rings. The van der Waals surface area contributed by atoms with Crippen molar-refractivity contribution in [3.63, 3.8) is 0 Å². The van der Waals surface area contributed by atoms with Crippen LogP contribution in [0, 0.1) is 20.8 Å². The van der Waals surface area contributed by atoms with Gasteiger partial charge in [-0.2, -0.15) is 0 Å². The van der Waals surface area contributed by atoms with E-state index in [1.54, 1.807) is 0 Å². The average molecular weight is 226 g/mol. The standard InChI is InChI=1S/C15H16.C2H6/c1-11-4-7-14(8-5-11)15-9-6-12(2)10-13(15)3;1-2/h4-10H,1-3H3;1-2H3. The van der Waals surface area contributed by atoms with Crippen LogP contribution in [0.1, 0.15) is 30.5 Å². The molecular weight excluding hydrogens is 204 g/mol. The van der Waals surface area contributed by atoms with Gasteiger partial charge in [-0.25, -0.2) is 0 Å². The Hall–Kier alpha value is -1.56. The summed E-state index contributed by atoms with van der Waals surface area (Å²) in [6, 6.07) is 15.3. The van der Waals surface area contributed by atoms with Crippen molar-refractivity contribution in [1.82, 2.24) is 0 Å². The first kappa shape index (κ1) is 13.5. The molecule has 90 valence electrons. The Bertz CT molecular complexity index is 464. The van der Waals surface area contributed by atoms with Crippen LogP contribution in [0.15, 0.2) is 42.5 Å². The summed E-state index contributed by atoms with van der Waals surface area (Å²) in [5, 5.41) is 0. The van der Waals surface area contributed by atoms with Crippen molar-refractivity contribution in [3.8, 4) is 11.1 Å². The van der Waals surface area contributed by atoms with Gasteiger partial charge in [-0.3, -0.25) is 0 Å². The van der Waals surface area contributed by atoms with Crippen LogP contribution in [0.4, 0.5) is 0 Å². The molecule has 0 aromatic heterocycles. The summed E-state index contributed by atoms with van der Waals surface area (Å²) in [5.74, 6) is 0. The number of benzene rings is 2. The van der Waals surface area contributed by atoms with E-state index < -0.39 is 0 Å². The molecule has 0 unspecified atom stereocenters. The molecule has 0 nitrogen and oxygen atoms in total.